The van der Waals surface area contributed by atoms with Gasteiger partial charge < -0.3 is 5.11 Å². The van der Waals surface area contributed by atoms with Crippen molar-refractivity contribution in [2.75, 3.05) is 7.11 Å². The maximum atomic E-state index is 11.1. The molecule has 15 heavy (non-hydrogen) atoms. The second kappa shape index (κ2) is 4.21. The summed E-state index contributed by atoms with van der Waals surface area (Å²) in [4.78, 5) is 17.4. The first-order valence-corrected chi connectivity index (χ1v) is 5.65. The van der Waals surface area contributed by atoms with Gasteiger partial charge in [-0.2, -0.15) is 8.42 Å². The molecule has 0 unspecified atom stereocenters. The van der Waals surface area contributed by atoms with E-state index in [1.54, 1.807) is 0 Å². The molecule has 1 N–H and O–H groups in total. The summed E-state index contributed by atoms with van der Waals surface area (Å²) >= 11 is 2.88. The minimum absolute atomic E-state index is 0.0880. The van der Waals surface area contributed by atoms with Gasteiger partial charge >= 0.3 is 16.1 Å². The van der Waals surface area contributed by atoms with E-state index in [-0.39, 0.29) is 4.47 Å². The number of halogens is 1. The normalized spacial score (nSPS) is 11.3. The van der Waals surface area contributed by atoms with Crippen LogP contribution in [0.2, 0.25) is 0 Å². The molecule has 0 saturated carbocycles. The number of carboxylic acid groups (broad SMARTS) is 1. The van der Waals surface area contributed by atoms with Gasteiger partial charge in [-0.15, -0.1) is 0 Å². The number of hydrogen-bond donors (Lipinski definition) is 1. The molecular formula is C6H5BrN2O5S. The minimum atomic E-state index is -4.08. The third-order valence-corrected chi connectivity index (χ3v) is 3.03. The maximum absolute atomic E-state index is 11.1. The second-order valence-corrected chi connectivity index (χ2v) is 4.74. The van der Waals surface area contributed by atoms with E-state index in [2.05, 4.69) is 30.1 Å². The van der Waals surface area contributed by atoms with Gasteiger partial charge in [-0.3, -0.25) is 4.18 Å². The Bertz CT molecular complexity index is 500. The van der Waals surface area contributed by atoms with Crippen LogP contribution in [0.15, 0.2) is 15.8 Å². The molecule has 0 fully saturated rings. The third-order valence-electron chi connectivity index (χ3n) is 1.37. The fraction of sp³-hybridized carbons (Fsp3) is 0.167. The lowest BCUT2D eigenvalue weighted by atomic mass is 10.4. The summed E-state index contributed by atoms with van der Waals surface area (Å²) < 4.78 is 26.5. The number of nitrogens with zero attached hydrogens (tertiary/aromatic N) is 2. The predicted molar refractivity (Wildman–Crippen MR) is 50.9 cm³/mol. The van der Waals surface area contributed by atoms with E-state index in [9.17, 15) is 13.2 Å². The number of aromatic carboxylic acids is 1. The molecular weight excluding hydrogens is 292 g/mol. The predicted octanol–water partition coefficient (Wildman–Crippen LogP) is 0.272. The Morgan fingerprint density at radius 3 is 2.67 bits per heavy atom. The zero-order valence-electron chi connectivity index (χ0n) is 7.34. The van der Waals surface area contributed by atoms with Crippen molar-refractivity contribution >= 4 is 32.0 Å². The zero-order valence-corrected chi connectivity index (χ0v) is 9.74. The number of carbonyl (C=O) groups is 1. The second-order valence-electron chi connectivity index (χ2n) is 2.28. The highest BCUT2D eigenvalue weighted by Gasteiger charge is 2.21. The van der Waals surface area contributed by atoms with Crippen molar-refractivity contribution in [2.45, 2.75) is 5.16 Å². The summed E-state index contributed by atoms with van der Waals surface area (Å²) in [6.07, 6.45) is 1.03. The van der Waals surface area contributed by atoms with Crippen LogP contribution in [0.4, 0.5) is 0 Å². The van der Waals surface area contributed by atoms with Gasteiger partial charge in [-0.25, -0.2) is 14.8 Å². The average Bonchev–Trinajstić information content (AvgIpc) is 2.17. The van der Waals surface area contributed by atoms with Gasteiger partial charge in [0.1, 0.15) is 0 Å². The number of aromatic nitrogens is 2. The Balaban J connectivity index is 3.38. The Labute approximate surface area is 93.4 Å². The van der Waals surface area contributed by atoms with Crippen LogP contribution in [0.25, 0.3) is 0 Å². The van der Waals surface area contributed by atoms with Crippen LogP contribution < -0.4 is 0 Å². The van der Waals surface area contributed by atoms with Crippen molar-refractivity contribution in [1.29, 1.82) is 0 Å². The van der Waals surface area contributed by atoms with Crippen molar-refractivity contribution in [3.8, 4) is 0 Å². The molecule has 0 aliphatic rings. The highest BCUT2D eigenvalue weighted by Crippen LogP contribution is 2.15. The molecule has 0 saturated heterocycles. The van der Waals surface area contributed by atoms with E-state index in [4.69, 9.17) is 5.11 Å². The summed E-state index contributed by atoms with van der Waals surface area (Å²) in [6.45, 7) is 0. The van der Waals surface area contributed by atoms with Crippen LogP contribution in [0.3, 0.4) is 0 Å². The topological polar surface area (TPSA) is 106 Å². The number of hydrogen-bond acceptors (Lipinski definition) is 6. The van der Waals surface area contributed by atoms with Gasteiger partial charge in [-0.05, 0) is 15.9 Å². The Morgan fingerprint density at radius 1 is 1.60 bits per heavy atom. The molecule has 9 heteroatoms. The van der Waals surface area contributed by atoms with Crippen LogP contribution >= 0.6 is 15.9 Å². The molecule has 0 radical (unpaired) electrons. The highest BCUT2D eigenvalue weighted by molar-refractivity contribution is 9.10. The lowest BCUT2D eigenvalue weighted by Crippen LogP contribution is -2.12. The smallest absolute Gasteiger partial charge is 0.355 e. The molecule has 0 spiro atoms. The van der Waals surface area contributed by atoms with Crippen LogP contribution in [0.5, 0.6) is 0 Å². The van der Waals surface area contributed by atoms with Crippen molar-refractivity contribution < 1.29 is 22.5 Å². The van der Waals surface area contributed by atoms with E-state index < -0.39 is 26.9 Å². The first kappa shape index (κ1) is 12.0. The summed E-state index contributed by atoms with van der Waals surface area (Å²) in [6, 6.07) is 0. The first-order chi connectivity index (χ1) is 6.88. The lowest BCUT2D eigenvalue weighted by molar-refractivity contribution is 0.0688. The largest absolute Gasteiger partial charge is 0.476 e. The van der Waals surface area contributed by atoms with Crippen LogP contribution in [0, 0.1) is 0 Å². The molecule has 1 aromatic rings. The average molecular weight is 297 g/mol. The third kappa shape index (κ3) is 2.49. The molecule has 82 valence electrons. The van der Waals surface area contributed by atoms with Gasteiger partial charge in [0, 0.05) is 6.20 Å². The van der Waals surface area contributed by atoms with E-state index in [0.717, 1.165) is 13.3 Å². The van der Waals surface area contributed by atoms with Crippen LogP contribution in [0.1, 0.15) is 10.5 Å². The van der Waals surface area contributed by atoms with Gasteiger partial charge in [0.15, 0.2) is 5.69 Å². The molecule has 0 atom stereocenters. The molecule has 7 nitrogen and oxygen atoms in total. The summed E-state index contributed by atoms with van der Waals surface area (Å²) in [7, 11) is -3.15. The summed E-state index contributed by atoms with van der Waals surface area (Å²) in [5, 5.41) is 7.98. The summed E-state index contributed by atoms with van der Waals surface area (Å²) in [5.41, 5.74) is -0.444. The Kier molecular flexibility index (Phi) is 3.37. The van der Waals surface area contributed by atoms with Gasteiger partial charge in [0.05, 0.1) is 11.6 Å². The first-order valence-electron chi connectivity index (χ1n) is 3.45. The number of rotatable bonds is 3. The SMILES string of the molecule is COS(=O)(=O)c1ncc(Br)c(C(=O)O)n1. The van der Waals surface area contributed by atoms with E-state index in [0.29, 0.717) is 0 Å². The fourth-order valence-electron chi connectivity index (χ4n) is 0.696. The molecule has 1 rings (SSSR count). The van der Waals surface area contributed by atoms with E-state index in [1.165, 1.54) is 0 Å². The van der Waals surface area contributed by atoms with Gasteiger partial charge in [0.25, 0.3) is 5.16 Å². The van der Waals surface area contributed by atoms with Crippen molar-refractivity contribution in [3.05, 3.63) is 16.4 Å². The van der Waals surface area contributed by atoms with Gasteiger partial charge in [-0.1, -0.05) is 0 Å². The van der Waals surface area contributed by atoms with Gasteiger partial charge in [0.2, 0.25) is 0 Å². The lowest BCUT2D eigenvalue weighted by Gasteiger charge is -2.01. The van der Waals surface area contributed by atoms with Crippen molar-refractivity contribution in [1.82, 2.24) is 9.97 Å². The number of carboxylic acids is 1. The minimum Gasteiger partial charge on any atom is -0.476 e. The molecule has 1 heterocycles. The quantitative estimate of drug-likeness (QED) is 0.630. The monoisotopic (exact) mass is 296 g/mol. The fourth-order valence-corrected chi connectivity index (χ4v) is 1.59. The molecule has 0 aromatic carbocycles. The Morgan fingerprint density at radius 2 is 2.20 bits per heavy atom. The van der Waals surface area contributed by atoms with Crippen LogP contribution in [-0.4, -0.2) is 36.6 Å². The molecule has 0 bridgehead atoms. The highest BCUT2D eigenvalue weighted by atomic mass is 79.9. The van der Waals surface area contributed by atoms with E-state index in [1.807, 2.05) is 0 Å². The Hall–Kier alpha value is -1.06. The van der Waals surface area contributed by atoms with Crippen LogP contribution in [-0.2, 0) is 14.3 Å². The molecule has 0 amide bonds. The van der Waals surface area contributed by atoms with E-state index >= 15 is 0 Å². The van der Waals surface area contributed by atoms with Crippen molar-refractivity contribution in [2.24, 2.45) is 0 Å². The summed E-state index contributed by atoms with van der Waals surface area (Å²) in [5.74, 6) is -1.36. The molecule has 1 aromatic heterocycles. The molecule has 0 aliphatic heterocycles. The molecule has 0 aliphatic carbocycles. The standard InChI is InChI=1S/C6H5BrN2O5S/c1-14-15(12,13)6-8-2-3(7)4(9-6)5(10)11/h2H,1H3,(H,10,11). The van der Waals surface area contributed by atoms with Crippen molar-refractivity contribution in [3.63, 3.8) is 0 Å². The zero-order chi connectivity index (χ0) is 11.6. The maximum Gasteiger partial charge on any atom is 0.355 e.